The van der Waals surface area contributed by atoms with E-state index in [1.807, 2.05) is 30.5 Å². The first kappa shape index (κ1) is 15.3. The number of aromatic amines is 1. The average Bonchev–Trinajstić information content (AvgIpc) is 3.02. The lowest BCUT2D eigenvalue weighted by molar-refractivity contribution is -0.117. The molecule has 4 aromatic rings. The Hall–Kier alpha value is -2.93. The summed E-state index contributed by atoms with van der Waals surface area (Å²) in [6, 6.07) is 7.47. The molecule has 8 heteroatoms. The number of H-pyrrole nitrogens is 1. The number of hydrogen-bond donors (Lipinski definition) is 2. The predicted molar refractivity (Wildman–Crippen MR) is 96.9 cm³/mol. The van der Waals surface area contributed by atoms with Gasteiger partial charge in [0.25, 0.3) is 0 Å². The Morgan fingerprint density at radius 3 is 2.96 bits per heavy atom. The molecule has 0 saturated heterocycles. The molecule has 1 fully saturated rings. The second-order valence-corrected chi connectivity index (χ2v) is 6.82. The van der Waals surface area contributed by atoms with Crippen molar-refractivity contribution < 1.29 is 9.18 Å². The summed E-state index contributed by atoms with van der Waals surface area (Å²) >= 11 is 6.42. The standard InChI is InChI=1S/C18H13ClFN5O/c19-12-2-3-14-11(6-21-24-14)17(12)9-1-4-16-22-15(8-25(16)7-9)23-18(26)10-5-13(10)20/h1-4,6-8,10,13H,5H2,(H,21,24)(H,23,26)/t10-,13+/m1/s1. The van der Waals surface area contributed by atoms with Crippen LogP contribution in [0.3, 0.4) is 0 Å². The number of nitrogens with zero attached hydrogens (tertiary/aromatic N) is 3. The molecule has 1 aliphatic rings. The van der Waals surface area contributed by atoms with Gasteiger partial charge < -0.3 is 9.72 Å². The third kappa shape index (κ3) is 2.43. The minimum Gasteiger partial charge on any atom is -0.309 e. The number of fused-ring (bicyclic) bond motifs is 2. The van der Waals surface area contributed by atoms with Crippen LogP contribution in [0.15, 0.2) is 42.9 Å². The molecule has 2 N–H and O–H groups in total. The van der Waals surface area contributed by atoms with E-state index in [1.165, 1.54) is 0 Å². The van der Waals surface area contributed by atoms with Crippen LogP contribution in [0.5, 0.6) is 0 Å². The van der Waals surface area contributed by atoms with E-state index in [-0.39, 0.29) is 12.3 Å². The van der Waals surface area contributed by atoms with Gasteiger partial charge in [-0.3, -0.25) is 9.89 Å². The van der Waals surface area contributed by atoms with Gasteiger partial charge in [0.2, 0.25) is 5.91 Å². The molecule has 0 aliphatic heterocycles. The number of halogens is 2. The smallest absolute Gasteiger partial charge is 0.231 e. The topological polar surface area (TPSA) is 75.1 Å². The van der Waals surface area contributed by atoms with Crippen molar-refractivity contribution >= 4 is 39.9 Å². The van der Waals surface area contributed by atoms with Gasteiger partial charge in [0.15, 0.2) is 5.82 Å². The third-order valence-electron chi connectivity index (χ3n) is 4.61. The first-order chi connectivity index (χ1) is 12.6. The second kappa shape index (κ2) is 5.54. The maximum absolute atomic E-state index is 13.0. The van der Waals surface area contributed by atoms with Crippen LogP contribution in [0.2, 0.25) is 5.02 Å². The van der Waals surface area contributed by atoms with Crippen LogP contribution in [0.1, 0.15) is 6.42 Å². The molecule has 0 spiro atoms. The number of carbonyl (C=O) groups is 1. The minimum atomic E-state index is -1.03. The van der Waals surface area contributed by atoms with Crippen molar-refractivity contribution in [2.45, 2.75) is 12.6 Å². The number of anilines is 1. The number of amides is 1. The number of benzene rings is 1. The molecule has 0 radical (unpaired) electrons. The molecule has 1 aromatic carbocycles. The number of nitrogens with one attached hydrogen (secondary N) is 2. The van der Waals surface area contributed by atoms with Crippen molar-refractivity contribution in [1.29, 1.82) is 0 Å². The fraction of sp³-hybridized carbons (Fsp3) is 0.167. The minimum absolute atomic E-state index is 0.288. The zero-order chi connectivity index (χ0) is 17.8. The van der Waals surface area contributed by atoms with E-state index in [9.17, 15) is 9.18 Å². The molecular weight excluding hydrogens is 357 g/mol. The summed E-state index contributed by atoms with van der Waals surface area (Å²) < 4.78 is 14.8. The highest BCUT2D eigenvalue weighted by Gasteiger charge is 2.43. The van der Waals surface area contributed by atoms with Crippen LogP contribution in [-0.4, -0.2) is 31.7 Å². The zero-order valence-electron chi connectivity index (χ0n) is 13.4. The molecule has 3 heterocycles. The second-order valence-electron chi connectivity index (χ2n) is 6.41. The molecule has 5 rings (SSSR count). The number of hydrogen-bond acceptors (Lipinski definition) is 3. The monoisotopic (exact) mass is 369 g/mol. The van der Waals surface area contributed by atoms with E-state index < -0.39 is 12.1 Å². The molecule has 0 bridgehead atoms. The Balaban J connectivity index is 1.54. The van der Waals surface area contributed by atoms with Crippen molar-refractivity contribution in [3.63, 3.8) is 0 Å². The highest BCUT2D eigenvalue weighted by Crippen LogP contribution is 2.36. The molecule has 130 valence electrons. The molecule has 3 aromatic heterocycles. The molecule has 1 amide bonds. The average molecular weight is 370 g/mol. The summed E-state index contributed by atoms with van der Waals surface area (Å²) in [6.45, 7) is 0. The number of alkyl halides is 1. The Bertz CT molecular complexity index is 1170. The maximum atomic E-state index is 13.0. The van der Waals surface area contributed by atoms with E-state index in [2.05, 4.69) is 20.5 Å². The largest absolute Gasteiger partial charge is 0.309 e. The first-order valence-electron chi connectivity index (χ1n) is 8.16. The summed E-state index contributed by atoms with van der Waals surface area (Å²) in [5.41, 5.74) is 3.34. The quantitative estimate of drug-likeness (QED) is 0.576. The van der Waals surface area contributed by atoms with Crippen LogP contribution < -0.4 is 5.32 Å². The van der Waals surface area contributed by atoms with Gasteiger partial charge in [0.1, 0.15) is 11.8 Å². The van der Waals surface area contributed by atoms with Gasteiger partial charge in [-0.1, -0.05) is 11.6 Å². The first-order valence-corrected chi connectivity index (χ1v) is 8.53. The van der Waals surface area contributed by atoms with Gasteiger partial charge in [-0.25, -0.2) is 9.37 Å². The van der Waals surface area contributed by atoms with Crippen molar-refractivity contribution in [2.75, 3.05) is 5.32 Å². The lowest BCUT2D eigenvalue weighted by atomic mass is 10.0. The highest BCUT2D eigenvalue weighted by molar-refractivity contribution is 6.35. The normalized spacial score (nSPS) is 19.2. The Morgan fingerprint density at radius 2 is 2.15 bits per heavy atom. The molecule has 6 nitrogen and oxygen atoms in total. The predicted octanol–water partition coefficient (Wildman–Crippen LogP) is 3.83. The maximum Gasteiger partial charge on any atom is 0.231 e. The molecule has 26 heavy (non-hydrogen) atoms. The van der Waals surface area contributed by atoms with E-state index >= 15 is 0 Å². The molecule has 1 saturated carbocycles. The summed E-state index contributed by atoms with van der Waals surface area (Å²) in [4.78, 5) is 16.2. The van der Waals surface area contributed by atoms with Gasteiger partial charge in [-0.2, -0.15) is 5.10 Å². The number of rotatable bonds is 3. The summed E-state index contributed by atoms with van der Waals surface area (Å²) in [6.07, 6.45) is 4.59. The van der Waals surface area contributed by atoms with Gasteiger partial charge in [-0.15, -0.1) is 0 Å². The van der Waals surface area contributed by atoms with Crippen LogP contribution in [0.4, 0.5) is 10.2 Å². The van der Waals surface area contributed by atoms with E-state index in [4.69, 9.17) is 11.6 Å². The Labute approximate surface area is 152 Å². The summed E-state index contributed by atoms with van der Waals surface area (Å²) in [5, 5.41) is 11.2. The summed E-state index contributed by atoms with van der Waals surface area (Å²) in [5.74, 6) is -0.473. The van der Waals surface area contributed by atoms with Crippen molar-refractivity contribution in [3.8, 4) is 11.1 Å². The van der Waals surface area contributed by atoms with Crippen LogP contribution in [0.25, 0.3) is 27.7 Å². The van der Waals surface area contributed by atoms with Crippen molar-refractivity contribution in [2.24, 2.45) is 5.92 Å². The van der Waals surface area contributed by atoms with E-state index in [0.717, 1.165) is 22.0 Å². The molecular formula is C18H13ClFN5O. The lowest BCUT2D eigenvalue weighted by Gasteiger charge is -2.07. The number of imidazole rings is 1. The van der Waals surface area contributed by atoms with Gasteiger partial charge in [0, 0.05) is 27.7 Å². The van der Waals surface area contributed by atoms with Crippen molar-refractivity contribution in [1.82, 2.24) is 19.6 Å². The Kier molecular flexibility index (Phi) is 3.27. The fourth-order valence-corrected chi connectivity index (χ4v) is 3.41. The molecule has 2 atom stereocenters. The molecule has 1 aliphatic carbocycles. The van der Waals surface area contributed by atoms with Crippen LogP contribution >= 0.6 is 11.6 Å². The molecule has 0 unspecified atom stereocenters. The van der Waals surface area contributed by atoms with Gasteiger partial charge >= 0.3 is 0 Å². The Morgan fingerprint density at radius 1 is 1.31 bits per heavy atom. The van der Waals surface area contributed by atoms with Crippen LogP contribution in [0, 0.1) is 5.92 Å². The van der Waals surface area contributed by atoms with Gasteiger partial charge in [0.05, 0.1) is 23.8 Å². The SMILES string of the molecule is O=C(Nc1cn2cc(-c3c(Cl)ccc4[nH]ncc34)ccc2n1)[C@@H]1C[C@@H]1F. The number of pyridine rings is 1. The highest BCUT2D eigenvalue weighted by atomic mass is 35.5. The number of aromatic nitrogens is 4. The zero-order valence-corrected chi connectivity index (χ0v) is 14.2. The summed E-state index contributed by atoms with van der Waals surface area (Å²) in [7, 11) is 0. The van der Waals surface area contributed by atoms with E-state index in [0.29, 0.717) is 16.5 Å². The third-order valence-corrected chi connectivity index (χ3v) is 4.93. The van der Waals surface area contributed by atoms with E-state index in [1.54, 1.807) is 16.8 Å². The fourth-order valence-electron chi connectivity index (χ4n) is 3.14. The lowest BCUT2D eigenvalue weighted by Crippen LogP contribution is -2.15. The van der Waals surface area contributed by atoms with Gasteiger partial charge in [-0.05, 0) is 30.7 Å². The van der Waals surface area contributed by atoms with Crippen LogP contribution in [-0.2, 0) is 4.79 Å². The van der Waals surface area contributed by atoms with Crippen molar-refractivity contribution in [3.05, 3.63) is 47.9 Å². The number of carbonyl (C=O) groups excluding carboxylic acids is 1.